The second-order valence-electron chi connectivity index (χ2n) is 4.17. The molecule has 0 bridgehead atoms. The third-order valence-electron chi connectivity index (χ3n) is 3.11. The van der Waals surface area contributed by atoms with E-state index in [4.69, 9.17) is 0 Å². The van der Waals surface area contributed by atoms with E-state index in [0.29, 0.717) is 0 Å². The molecule has 0 aromatic heterocycles. The molecule has 86 valence electrons. The number of allylic oxidation sites excluding steroid dienone is 5. The molecule has 1 fully saturated rings. The Hall–Kier alpha value is -1.51. The fourth-order valence-electron chi connectivity index (χ4n) is 2.11. The van der Waals surface area contributed by atoms with Crippen LogP contribution in [0.2, 0.25) is 0 Å². The molecule has 0 atom stereocenters. The van der Waals surface area contributed by atoms with Crippen LogP contribution in [0.1, 0.15) is 13.3 Å². The van der Waals surface area contributed by atoms with E-state index in [1.54, 1.807) is 6.92 Å². The Morgan fingerprint density at radius 1 is 1.12 bits per heavy atom. The van der Waals surface area contributed by atoms with Crippen LogP contribution in [0, 0.1) is 0 Å². The highest BCUT2D eigenvalue weighted by molar-refractivity contribution is 5.73. The molecular formula is C13H18N2O. The molecule has 0 N–H and O–H groups in total. The van der Waals surface area contributed by atoms with Crippen LogP contribution in [0.25, 0.3) is 0 Å². The van der Waals surface area contributed by atoms with Gasteiger partial charge in [-0.25, -0.2) is 0 Å². The minimum absolute atomic E-state index is 0.189. The van der Waals surface area contributed by atoms with E-state index in [1.165, 1.54) is 5.70 Å². The van der Waals surface area contributed by atoms with Crippen LogP contribution in [-0.2, 0) is 4.79 Å². The quantitative estimate of drug-likeness (QED) is 0.666. The van der Waals surface area contributed by atoms with Crippen LogP contribution in [0.3, 0.4) is 0 Å². The predicted molar refractivity (Wildman–Crippen MR) is 64.8 cm³/mol. The van der Waals surface area contributed by atoms with Crippen LogP contribution in [-0.4, -0.2) is 41.9 Å². The first-order valence-electron chi connectivity index (χ1n) is 5.80. The lowest BCUT2D eigenvalue weighted by Crippen LogP contribution is -2.47. The Labute approximate surface area is 96.7 Å². The number of rotatable bonds is 1. The average Bonchev–Trinajstić information content (AvgIpc) is 2.57. The van der Waals surface area contributed by atoms with Crippen LogP contribution >= 0.6 is 0 Å². The maximum Gasteiger partial charge on any atom is 0.219 e. The monoisotopic (exact) mass is 218 g/mol. The van der Waals surface area contributed by atoms with Crippen molar-refractivity contribution in [3.8, 4) is 0 Å². The van der Waals surface area contributed by atoms with E-state index in [-0.39, 0.29) is 5.91 Å². The molecule has 0 aromatic rings. The lowest BCUT2D eigenvalue weighted by atomic mass is 10.2. The molecule has 2 aliphatic rings. The maximum absolute atomic E-state index is 11.2. The summed E-state index contributed by atoms with van der Waals surface area (Å²) in [6.07, 6.45) is 11.5. The highest BCUT2D eigenvalue weighted by Gasteiger charge is 2.19. The zero-order chi connectivity index (χ0) is 11.4. The van der Waals surface area contributed by atoms with Crippen molar-refractivity contribution < 1.29 is 4.79 Å². The van der Waals surface area contributed by atoms with Gasteiger partial charge in [-0.1, -0.05) is 24.3 Å². The van der Waals surface area contributed by atoms with E-state index in [9.17, 15) is 4.79 Å². The van der Waals surface area contributed by atoms with Gasteiger partial charge in [0.1, 0.15) is 0 Å². The van der Waals surface area contributed by atoms with Gasteiger partial charge in [-0.05, 0) is 6.08 Å². The Kier molecular flexibility index (Phi) is 3.44. The van der Waals surface area contributed by atoms with Gasteiger partial charge in [0.15, 0.2) is 0 Å². The molecule has 0 unspecified atom stereocenters. The van der Waals surface area contributed by atoms with Gasteiger partial charge in [0.2, 0.25) is 5.91 Å². The molecule has 1 amide bonds. The van der Waals surface area contributed by atoms with Gasteiger partial charge in [0, 0.05) is 45.2 Å². The number of hydrogen-bond acceptors (Lipinski definition) is 2. The predicted octanol–water partition coefficient (Wildman–Crippen LogP) is 1.55. The number of carbonyl (C=O) groups excluding carboxylic acids is 1. The zero-order valence-corrected chi connectivity index (χ0v) is 9.72. The molecule has 16 heavy (non-hydrogen) atoms. The molecule has 0 spiro atoms. The van der Waals surface area contributed by atoms with E-state index < -0.39 is 0 Å². The second kappa shape index (κ2) is 5.01. The summed E-state index contributed by atoms with van der Waals surface area (Å²) in [5.41, 5.74) is 1.35. The molecule has 3 nitrogen and oxygen atoms in total. The second-order valence-corrected chi connectivity index (χ2v) is 4.17. The van der Waals surface area contributed by atoms with Gasteiger partial charge in [0.05, 0.1) is 0 Å². The van der Waals surface area contributed by atoms with E-state index in [2.05, 4.69) is 35.3 Å². The van der Waals surface area contributed by atoms with Gasteiger partial charge in [-0.2, -0.15) is 0 Å². The SMILES string of the molecule is CC(=O)N1CCN(C2=CC=CC=CC2)CC1. The first-order valence-corrected chi connectivity index (χ1v) is 5.80. The molecule has 0 saturated carbocycles. The summed E-state index contributed by atoms with van der Waals surface area (Å²) in [5, 5.41) is 0. The minimum Gasteiger partial charge on any atom is -0.371 e. The normalized spacial score (nSPS) is 20.7. The largest absolute Gasteiger partial charge is 0.371 e. The fourth-order valence-corrected chi connectivity index (χ4v) is 2.11. The van der Waals surface area contributed by atoms with Crippen molar-refractivity contribution in [3.63, 3.8) is 0 Å². The van der Waals surface area contributed by atoms with Crippen molar-refractivity contribution in [2.45, 2.75) is 13.3 Å². The first kappa shape index (κ1) is 11.0. The van der Waals surface area contributed by atoms with Crippen molar-refractivity contribution >= 4 is 5.91 Å². The molecule has 3 heteroatoms. The van der Waals surface area contributed by atoms with Gasteiger partial charge >= 0.3 is 0 Å². The molecular weight excluding hydrogens is 200 g/mol. The molecule has 1 aliphatic heterocycles. The summed E-state index contributed by atoms with van der Waals surface area (Å²) >= 11 is 0. The van der Waals surface area contributed by atoms with Gasteiger partial charge < -0.3 is 9.80 Å². The molecule has 0 aromatic carbocycles. The average molecular weight is 218 g/mol. The lowest BCUT2D eigenvalue weighted by Gasteiger charge is -2.36. The van der Waals surface area contributed by atoms with Crippen molar-refractivity contribution in [2.24, 2.45) is 0 Å². The standard InChI is InChI=1S/C13H18N2O/c1-12(16)14-8-10-15(11-9-14)13-6-4-2-3-5-7-13/h2-6H,7-11H2,1H3. The van der Waals surface area contributed by atoms with E-state index in [0.717, 1.165) is 32.6 Å². The number of piperazine rings is 1. The maximum atomic E-state index is 11.2. The zero-order valence-electron chi connectivity index (χ0n) is 9.72. The summed E-state index contributed by atoms with van der Waals surface area (Å²) in [6, 6.07) is 0. The Balaban J connectivity index is 1.94. The van der Waals surface area contributed by atoms with Crippen molar-refractivity contribution in [2.75, 3.05) is 26.2 Å². The Bertz CT molecular complexity index is 347. The summed E-state index contributed by atoms with van der Waals surface area (Å²) in [7, 11) is 0. The summed E-state index contributed by atoms with van der Waals surface area (Å²) in [5.74, 6) is 0.189. The molecule has 2 rings (SSSR count). The van der Waals surface area contributed by atoms with Crippen molar-refractivity contribution in [1.29, 1.82) is 0 Å². The topological polar surface area (TPSA) is 23.6 Å². The van der Waals surface area contributed by atoms with Crippen LogP contribution in [0.4, 0.5) is 0 Å². The molecule has 1 saturated heterocycles. The highest BCUT2D eigenvalue weighted by Crippen LogP contribution is 2.15. The number of carbonyl (C=O) groups is 1. The van der Waals surface area contributed by atoms with Crippen molar-refractivity contribution in [3.05, 3.63) is 36.1 Å². The fraction of sp³-hybridized carbons (Fsp3) is 0.462. The number of nitrogens with zero attached hydrogens (tertiary/aromatic N) is 2. The van der Waals surface area contributed by atoms with Gasteiger partial charge in [-0.15, -0.1) is 0 Å². The summed E-state index contributed by atoms with van der Waals surface area (Å²) in [6.45, 7) is 5.24. The van der Waals surface area contributed by atoms with Gasteiger partial charge in [-0.3, -0.25) is 4.79 Å². The number of hydrogen-bond donors (Lipinski definition) is 0. The van der Waals surface area contributed by atoms with Crippen molar-refractivity contribution in [1.82, 2.24) is 9.80 Å². The Morgan fingerprint density at radius 3 is 2.56 bits per heavy atom. The van der Waals surface area contributed by atoms with E-state index in [1.807, 2.05) is 4.90 Å². The van der Waals surface area contributed by atoms with Gasteiger partial charge in [0.25, 0.3) is 0 Å². The Morgan fingerprint density at radius 2 is 1.88 bits per heavy atom. The van der Waals surface area contributed by atoms with Crippen LogP contribution in [0.5, 0.6) is 0 Å². The third-order valence-corrected chi connectivity index (χ3v) is 3.11. The summed E-state index contributed by atoms with van der Waals surface area (Å²) in [4.78, 5) is 15.5. The molecule has 0 radical (unpaired) electrons. The number of amides is 1. The minimum atomic E-state index is 0.189. The van der Waals surface area contributed by atoms with E-state index >= 15 is 0 Å². The first-order chi connectivity index (χ1) is 7.77. The molecule has 1 aliphatic carbocycles. The van der Waals surface area contributed by atoms with Crippen LogP contribution < -0.4 is 0 Å². The smallest absolute Gasteiger partial charge is 0.219 e. The third kappa shape index (κ3) is 2.54. The van der Waals surface area contributed by atoms with Crippen LogP contribution in [0.15, 0.2) is 36.1 Å². The lowest BCUT2D eigenvalue weighted by molar-refractivity contribution is -0.130. The summed E-state index contributed by atoms with van der Waals surface area (Å²) < 4.78 is 0. The highest BCUT2D eigenvalue weighted by atomic mass is 16.2. The molecule has 1 heterocycles.